The molecule has 2 aromatic heterocycles. The van der Waals surface area contributed by atoms with Gasteiger partial charge in [-0.2, -0.15) is 0 Å². The molecular weight excluding hydrogens is 340 g/mol. The number of aryl methyl sites for hydroxylation is 2. The van der Waals surface area contributed by atoms with E-state index < -0.39 is 0 Å². The average Bonchev–Trinajstić information content (AvgIpc) is 2.62. The molecule has 0 amide bonds. The van der Waals surface area contributed by atoms with Crippen LogP contribution in [0.15, 0.2) is 48.5 Å². The standard InChI is InChI=1S/C21H20N4O2/c1-12-7-18(22)16-9-14(3-5-20(16)24-12)26-11-27-15-4-6-21-17(10-15)19(23)8-13(2)25-21/h3-10H,11H2,1-2H3,(H2,22,24)(H2,23,25). The van der Waals surface area contributed by atoms with E-state index in [-0.39, 0.29) is 6.79 Å². The zero-order valence-electron chi connectivity index (χ0n) is 15.2. The average molecular weight is 360 g/mol. The van der Waals surface area contributed by atoms with Crippen molar-refractivity contribution in [1.29, 1.82) is 0 Å². The molecule has 4 N–H and O–H groups in total. The van der Waals surface area contributed by atoms with Crippen LogP contribution in [0.3, 0.4) is 0 Å². The molecule has 0 spiro atoms. The van der Waals surface area contributed by atoms with Crippen LogP contribution in [0, 0.1) is 13.8 Å². The van der Waals surface area contributed by atoms with Gasteiger partial charge in [0.15, 0.2) is 0 Å². The third-order valence-corrected chi connectivity index (χ3v) is 4.33. The SMILES string of the molecule is Cc1cc(N)c2cc(OCOc3ccc4nc(C)cc(N)c4c3)ccc2n1. The zero-order valence-corrected chi connectivity index (χ0v) is 15.2. The van der Waals surface area contributed by atoms with E-state index in [2.05, 4.69) is 9.97 Å². The summed E-state index contributed by atoms with van der Waals surface area (Å²) in [6, 6.07) is 14.9. The van der Waals surface area contributed by atoms with Crippen molar-refractivity contribution in [1.82, 2.24) is 9.97 Å². The van der Waals surface area contributed by atoms with Crippen LogP contribution in [0.2, 0.25) is 0 Å². The first-order valence-electron chi connectivity index (χ1n) is 8.59. The van der Waals surface area contributed by atoms with Crippen molar-refractivity contribution in [3.05, 3.63) is 59.9 Å². The van der Waals surface area contributed by atoms with Crippen molar-refractivity contribution in [3.8, 4) is 11.5 Å². The summed E-state index contributed by atoms with van der Waals surface area (Å²) in [5.74, 6) is 1.33. The molecule has 0 aliphatic heterocycles. The Morgan fingerprint density at radius 1 is 0.704 bits per heavy atom. The largest absolute Gasteiger partial charge is 0.457 e. The van der Waals surface area contributed by atoms with Gasteiger partial charge in [0, 0.05) is 33.5 Å². The van der Waals surface area contributed by atoms with Gasteiger partial charge in [-0.15, -0.1) is 0 Å². The fourth-order valence-corrected chi connectivity index (χ4v) is 3.08. The van der Waals surface area contributed by atoms with E-state index >= 15 is 0 Å². The minimum absolute atomic E-state index is 0.0649. The van der Waals surface area contributed by atoms with Crippen molar-refractivity contribution in [3.63, 3.8) is 0 Å². The van der Waals surface area contributed by atoms with Gasteiger partial charge in [0.1, 0.15) is 11.5 Å². The highest BCUT2D eigenvalue weighted by Crippen LogP contribution is 2.27. The second kappa shape index (κ2) is 6.64. The predicted molar refractivity (Wildman–Crippen MR) is 108 cm³/mol. The molecule has 6 nitrogen and oxygen atoms in total. The predicted octanol–water partition coefficient (Wildman–Crippen LogP) is 3.98. The molecule has 0 aliphatic rings. The van der Waals surface area contributed by atoms with Crippen molar-refractivity contribution in [2.24, 2.45) is 0 Å². The van der Waals surface area contributed by atoms with Crippen LogP contribution < -0.4 is 20.9 Å². The number of pyridine rings is 2. The lowest BCUT2D eigenvalue weighted by molar-refractivity contribution is 0.120. The summed E-state index contributed by atoms with van der Waals surface area (Å²) in [4.78, 5) is 8.93. The number of hydrogen-bond donors (Lipinski definition) is 2. The highest BCUT2D eigenvalue weighted by atomic mass is 16.7. The minimum Gasteiger partial charge on any atom is -0.457 e. The van der Waals surface area contributed by atoms with Crippen LogP contribution in [0.4, 0.5) is 11.4 Å². The Morgan fingerprint density at radius 3 is 1.59 bits per heavy atom. The summed E-state index contributed by atoms with van der Waals surface area (Å²) in [5, 5.41) is 1.72. The van der Waals surface area contributed by atoms with Crippen LogP contribution in [0.25, 0.3) is 21.8 Å². The first kappa shape index (κ1) is 16.9. The maximum atomic E-state index is 6.08. The van der Waals surface area contributed by atoms with Crippen molar-refractivity contribution in [2.75, 3.05) is 18.3 Å². The topological polar surface area (TPSA) is 96.3 Å². The monoisotopic (exact) mass is 360 g/mol. The summed E-state index contributed by atoms with van der Waals surface area (Å²) in [6.45, 7) is 3.90. The van der Waals surface area contributed by atoms with E-state index in [1.165, 1.54) is 0 Å². The molecule has 27 heavy (non-hydrogen) atoms. The number of fused-ring (bicyclic) bond motifs is 2. The molecule has 0 atom stereocenters. The van der Waals surface area contributed by atoms with Gasteiger partial charge in [0.25, 0.3) is 0 Å². The lowest BCUT2D eigenvalue weighted by atomic mass is 10.1. The van der Waals surface area contributed by atoms with Gasteiger partial charge in [-0.1, -0.05) is 0 Å². The Kier molecular flexibility index (Phi) is 4.16. The number of nitrogen functional groups attached to an aromatic ring is 2. The van der Waals surface area contributed by atoms with Crippen LogP contribution in [-0.2, 0) is 0 Å². The molecule has 0 fully saturated rings. The Morgan fingerprint density at radius 2 is 1.15 bits per heavy atom. The molecule has 4 aromatic rings. The van der Waals surface area contributed by atoms with Crippen molar-refractivity contribution in [2.45, 2.75) is 13.8 Å². The highest BCUT2D eigenvalue weighted by molar-refractivity contribution is 5.92. The van der Waals surface area contributed by atoms with E-state index in [0.29, 0.717) is 22.9 Å². The Labute approximate surface area is 156 Å². The van der Waals surface area contributed by atoms with E-state index in [4.69, 9.17) is 20.9 Å². The number of hydrogen-bond acceptors (Lipinski definition) is 6. The van der Waals surface area contributed by atoms with E-state index in [1.54, 1.807) is 0 Å². The van der Waals surface area contributed by atoms with Crippen LogP contribution >= 0.6 is 0 Å². The minimum atomic E-state index is 0.0649. The van der Waals surface area contributed by atoms with Gasteiger partial charge >= 0.3 is 0 Å². The molecule has 2 heterocycles. The molecule has 0 bridgehead atoms. The highest BCUT2D eigenvalue weighted by Gasteiger charge is 2.06. The Bertz CT molecular complexity index is 1070. The molecule has 0 unspecified atom stereocenters. The summed E-state index contributed by atoms with van der Waals surface area (Å²) >= 11 is 0. The zero-order chi connectivity index (χ0) is 19.0. The Hall–Kier alpha value is -3.54. The van der Waals surface area contributed by atoms with E-state index in [0.717, 1.165) is 33.2 Å². The number of nitrogens with two attached hydrogens (primary N) is 2. The van der Waals surface area contributed by atoms with Gasteiger partial charge in [0.2, 0.25) is 6.79 Å². The smallest absolute Gasteiger partial charge is 0.230 e. The lowest BCUT2D eigenvalue weighted by Gasteiger charge is -2.11. The van der Waals surface area contributed by atoms with Gasteiger partial charge in [-0.3, -0.25) is 9.97 Å². The maximum absolute atomic E-state index is 6.08. The van der Waals surface area contributed by atoms with Gasteiger partial charge in [-0.25, -0.2) is 0 Å². The molecule has 2 aromatic carbocycles. The molecule has 0 saturated carbocycles. The maximum Gasteiger partial charge on any atom is 0.230 e. The molecule has 0 radical (unpaired) electrons. The normalized spacial score (nSPS) is 11.0. The van der Waals surface area contributed by atoms with Crippen molar-refractivity contribution >= 4 is 33.2 Å². The molecule has 0 saturated heterocycles. The molecule has 6 heteroatoms. The van der Waals surface area contributed by atoms with Crippen molar-refractivity contribution < 1.29 is 9.47 Å². The second-order valence-electron chi connectivity index (χ2n) is 6.47. The molecular formula is C21H20N4O2. The first-order valence-corrected chi connectivity index (χ1v) is 8.59. The summed E-state index contributed by atoms with van der Waals surface area (Å²) in [5.41, 5.74) is 17.0. The van der Waals surface area contributed by atoms with E-state index in [9.17, 15) is 0 Å². The summed E-state index contributed by atoms with van der Waals surface area (Å²) in [7, 11) is 0. The number of benzene rings is 2. The van der Waals surface area contributed by atoms with Gasteiger partial charge in [0.05, 0.1) is 11.0 Å². The number of anilines is 2. The van der Waals surface area contributed by atoms with Crippen LogP contribution in [-0.4, -0.2) is 16.8 Å². The fraction of sp³-hybridized carbons (Fsp3) is 0.143. The number of aromatic nitrogens is 2. The first-order chi connectivity index (χ1) is 13.0. The second-order valence-corrected chi connectivity index (χ2v) is 6.47. The Balaban J connectivity index is 1.50. The van der Waals surface area contributed by atoms with E-state index in [1.807, 2.05) is 62.4 Å². The third kappa shape index (κ3) is 3.42. The van der Waals surface area contributed by atoms with Gasteiger partial charge < -0.3 is 20.9 Å². The number of nitrogens with zero attached hydrogens (tertiary/aromatic N) is 2. The van der Waals surface area contributed by atoms with Crippen LogP contribution in [0.1, 0.15) is 11.4 Å². The molecule has 136 valence electrons. The molecule has 0 aliphatic carbocycles. The quantitative estimate of drug-likeness (QED) is 0.534. The summed E-state index contributed by atoms with van der Waals surface area (Å²) in [6.07, 6.45) is 0. The van der Waals surface area contributed by atoms with Crippen LogP contribution in [0.5, 0.6) is 11.5 Å². The number of rotatable bonds is 4. The molecule has 4 rings (SSSR count). The number of ether oxygens (including phenoxy) is 2. The summed E-state index contributed by atoms with van der Waals surface area (Å²) < 4.78 is 11.4. The lowest BCUT2D eigenvalue weighted by Crippen LogP contribution is -2.06. The fourth-order valence-electron chi connectivity index (χ4n) is 3.08. The third-order valence-electron chi connectivity index (χ3n) is 4.33. The van der Waals surface area contributed by atoms with Gasteiger partial charge in [-0.05, 0) is 62.4 Å².